The van der Waals surface area contributed by atoms with Gasteiger partial charge in [0.1, 0.15) is 5.75 Å². The number of urea groups is 1. The lowest BCUT2D eigenvalue weighted by Crippen LogP contribution is -2.52. The lowest BCUT2D eigenvalue weighted by Gasteiger charge is -2.34. The van der Waals surface area contributed by atoms with E-state index in [0.29, 0.717) is 6.54 Å². The van der Waals surface area contributed by atoms with Crippen molar-refractivity contribution >= 4 is 6.03 Å². The van der Waals surface area contributed by atoms with Crippen LogP contribution in [0.5, 0.6) is 5.75 Å². The molecular formula is C16H25N3O2. The van der Waals surface area contributed by atoms with E-state index < -0.39 is 0 Å². The van der Waals surface area contributed by atoms with Gasteiger partial charge in [0.15, 0.2) is 0 Å². The van der Waals surface area contributed by atoms with Crippen LogP contribution in [0.4, 0.5) is 4.79 Å². The highest BCUT2D eigenvalue weighted by Gasteiger charge is 2.20. The first kappa shape index (κ1) is 15.6. The van der Waals surface area contributed by atoms with Crippen molar-refractivity contribution in [3.8, 4) is 5.75 Å². The van der Waals surface area contributed by atoms with Crippen LogP contribution in [0.15, 0.2) is 24.3 Å². The predicted molar refractivity (Wildman–Crippen MR) is 83.8 cm³/mol. The van der Waals surface area contributed by atoms with Gasteiger partial charge in [0.2, 0.25) is 0 Å². The summed E-state index contributed by atoms with van der Waals surface area (Å²) in [6, 6.07) is 8.30. The van der Waals surface area contributed by atoms with E-state index in [2.05, 4.69) is 22.3 Å². The van der Waals surface area contributed by atoms with E-state index in [1.807, 2.05) is 24.0 Å². The molecule has 116 valence electrons. The molecule has 1 N–H and O–H groups in total. The molecule has 5 nitrogen and oxygen atoms in total. The molecule has 0 spiro atoms. The fraction of sp³-hybridized carbons (Fsp3) is 0.562. The standard InChI is InChI=1S/C16H25N3O2/c1-3-17-16(20)19-12-10-18(11-13-19)9-8-14-4-6-15(21-2)7-5-14/h4-7H,3,8-13H2,1-2H3,(H,17,20). The van der Waals surface area contributed by atoms with Crippen LogP contribution < -0.4 is 10.1 Å². The van der Waals surface area contributed by atoms with E-state index in [0.717, 1.165) is 44.9 Å². The molecule has 5 heteroatoms. The van der Waals surface area contributed by atoms with Crippen LogP contribution in [0, 0.1) is 0 Å². The van der Waals surface area contributed by atoms with Crippen molar-refractivity contribution in [1.29, 1.82) is 0 Å². The number of hydrogen-bond donors (Lipinski definition) is 1. The lowest BCUT2D eigenvalue weighted by atomic mass is 10.1. The smallest absolute Gasteiger partial charge is 0.317 e. The van der Waals surface area contributed by atoms with E-state index in [1.54, 1.807) is 7.11 Å². The van der Waals surface area contributed by atoms with Crippen molar-refractivity contribution in [2.45, 2.75) is 13.3 Å². The van der Waals surface area contributed by atoms with Crippen LogP contribution in [0.3, 0.4) is 0 Å². The normalized spacial score (nSPS) is 15.8. The van der Waals surface area contributed by atoms with Crippen molar-refractivity contribution in [1.82, 2.24) is 15.1 Å². The maximum atomic E-state index is 11.7. The van der Waals surface area contributed by atoms with Gasteiger partial charge in [0, 0.05) is 39.3 Å². The number of carbonyl (C=O) groups is 1. The molecule has 2 amide bonds. The maximum absolute atomic E-state index is 11.7. The zero-order chi connectivity index (χ0) is 15.1. The van der Waals surface area contributed by atoms with E-state index >= 15 is 0 Å². The zero-order valence-electron chi connectivity index (χ0n) is 13.0. The van der Waals surface area contributed by atoms with Gasteiger partial charge in [-0.05, 0) is 31.0 Å². The molecule has 1 aromatic rings. The second-order valence-electron chi connectivity index (χ2n) is 5.26. The Morgan fingerprint density at radius 2 is 1.86 bits per heavy atom. The Kier molecular flexibility index (Phi) is 5.87. The van der Waals surface area contributed by atoms with Gasteiger partial charge in [-0.2, -0.15) is 0 Å². The Morgan fingerprint density at radius 3 is 2.43 bits per heavy atom. The average Bonchev–Trinajstić information content (AvgIpc) is 2.54. The molecule has 0 saturated carbocycles. The summed E-state index contributed by atoms with van der Waals surface area (Å²) in [4.78, 5) is 16.0. The minimum Gasteiger partial charge on any atom is -0.497 e. The monoisotopic (exact) mass is 291 g/mol. The van der Waals surface area contributed by atoms with Crippen LogP contribution in [0.2, 0.25) is 0 Å². The highest BCUT2D eigenvalue weighted by Crippen LogP contribution is 2.12. The highest BCUT2D eigenvalue weighted by atomic mass is 16.5. The van der Waals surface area contributed by atoms with Gasteiger partial charge >= 0.3 is 6.03 Å². The number of benzene rings is 1. The summed E-state index contributed by atoms with van der Waals surface area (Å²) in [6.45, 7) is 7.21. The fourth-order valence-corrected chi connectivity index (χ4v) is 2.52. The average molecular weight is 291 g/mol. The molecule has 0 bridgehead atoms. The molecule has 1 aliphatic rings. The Bertz CT molecular complexity index is 439. The van der Waals surface area contributed by atoms with Gasteiger partial charge in [-0.1, -0.05) is 12.1 Å². The second-order valence-corrected chi connectivity index (χ2v) is 5.26. The Morgan fingerprint density at radius 1 is 1.19 bits per heavy atom. The number of piperazine rings is 1. The molecule has 1 saturated heterocycles. The third-order valence-corrected chi connectivity index (χ3v) is 3.86. The van der Waals surface area contributed by atoms with Crippen molar-refractivity contribution < 1.29 is 9.53 Å². The Balaban J connectivity index is 1.72. The lowest BCUT2D eigenvalue weighted by molar-refractivity contribution is 0.140. The molecule has 2 rings (SSSR count). The predicted octanol–water partition coefficient (Wildman–Crippen LogP) is 1.58. The number of carbonyl (C=O) groups excluding carboxylic acids is 1. The molecule has 1 heterocycles. The third-order valence-electron chi connectivity index (χ3n) is 3.86. The molecule has 1 aromatic carbocycles. The molecule has 1 fully saturated rings. The third kappa shape index (κ3) is 4.63. The van der Waals surface area contributed by atoms with E-state index in [-0.39, 0.29) is 6.03 Å². The van der Waals surface area contributed by atoms with Crippen LogP contribution >= 0.6 is 0 Å². The van der Waals surface area contributed by atoms with Crippen LogP contribution in [0.1, 0.15) is 12.5 Å². The zero-order valence-corrected chi connectivity index (χ0v) is 13.0. The van der Waals surface area contributed by atoms with Crippen molar-refractivity contribution in [2.75, 3.05) is 46.4 Å². The molecular weight excluding hydrogens is 266 g/mol. The van der Waals surface area contributed by atoms with E-state index in [4.69, 9.17) is 4.74 Å². The summed E-state index contributed by atoms with van der Waals surface area (Å²) < 4.78 is 5.16. The molecule has 21 heavy (non-hydrogen) atoms. The number of nitrogens with zero attached hydrogens (tertiary/aromatic N) is 2. The van der Waals surface area contributed by atoms with Crippen molar-refractivity contribution in [3.05, 3.63) is 29.8 Å². The topological polar surface area (TPSA) is 44.8 Å². The Hall–Kier alpha value is -1.75. The second kappa shape index (κ2) is 7.88. The molecule has 0 aliphatic carbocycles. The summed E-state index contributed by atoms with van der Waals surface area (Å²) in [5.74, 6) is 0.898. The largest absolute Gasteiger partial charge is 0.497 e. The number of ether oxygens (including phenoxy) is 1. The SMILES string of the molecule is CCNC(=O)N1CCN(CCc2ccc(OC)cc2)CC1. The summed E-state index contributed by atoms with van der Waals surface area (Å²) in [6.07, 6.45) is 1.03. The highest BCUT2D eigenvalue weighted by molar-refractivity contribution is 5.74. The van der Waals surface area contributed by atoms with Gasteiger partial charge in [-0.3, -0.25) is 4.90 Å². The van der Waals surface area contributed by atoms with Crippen LogP contribution in [-0.2, 0) is 6.42 Å². The van der Waals surface area contributed by atoms with Gasteiger partial charge in [-0.25, -0.2) is 4.79 Å². The number of methoxy groups -OCH3 is 1. The quantitative estimate of drug-likeness (QED) is 0.896. The molecule has 0 atom stereocenters. The number of rotatable bonds is 5. The van der Waals surface area contributed by atoms with E-state index in [1.165, 1.54) is 5.56 Å². The summed E-state index contributed by atoms with van der Waals surface area (Å²) >= 11 is 0. The van der Waals surface area contributed by atoms with Crippen molar-refractivity contribution in [2.24, 2.45) is 0 Å². The van der Waals surface area contributed by atoms with Gasteiger partial charge < -0.3 is 15.0 Å². The Labute approximate surface area is 126 Å². The van der Waals surface area contributed by atoms with Crippen molar-refractivity contribution in [3.63, 3.8) is 0 Å². The van der Waals surface area contributed by atoms with Gasteiger partial charge in [-0.15, -0.1) is 0 Å². The first-order valence-corrected chi connectivity index (χ1v) is 7.61. The van der Waals surface area contributed by atoms with E-state index in [9.17, 15) is 4.79 Å². The first-order valence-electron chi connectivity index (χ1n) is 7.61. The molecule has 1 aliphatic heterocycles. The summed E-state index contributed by atoms with van der Waals surface area (Å²) in [7, 11) is 1.68. The minimum atomic E-state index is 0.0623. The summed E-state index contributed by atoms with van der Waals surface area (Å²) in [5.41, 5.74) is 1.32. The van der Waals surface area contributed by atoms with Gasteiger partial charge in [0.05, 0.1) is 7.11 Å². The van der Waals surface area contributed by atoms with Crippen LogP contribution in [-0.4, -0.2) is 62.2 Å². The minimum absolute atomic E-state index is 0.0623. The molecule has 0 aromatic heterocycles. The fourth-order valence-electron chi connectivity index (χ4n) is 2.52. The van der Waals surface area contributed by atoms with Crippen LogP contribution in [0.25, 0.3) is 0 Å². The molecule has 0 radical (unpaired) electrons. The maximum Gasteiger partial charge on any atom is 0.317 e. The first-order chi connectivity index (χ1) is 10.2. The molecule has 0 unspecified atom stereocenters. The summed E-state index contributed by atoms with van der Waals surface area (Å²) in [5, 5.41) is 2.86. The number of hydrogen-bond acceptors (Lipinski definition) is 3. The number of amides is 2. The number of nitrogens with one attached hydrogen (secondary N) is 1. The van der Waals surface area contributed by atoms with Gasteiger partial charge in [0.25, 0.3) is 0 Å².